The molecule has 33 heavy (non-hydrogen) atoms. The lowest BCUT2D eigenvalue weighted by molar-refractivity contribution is -0.133. The number of aryl methyl sites for hydroxylation is 1. The van der Waals surface area contributed by atoms with Gasteiger partial charge in [-0.25, -0.2) is 4.98 Å². The number of benzene rings is 1. The van der Waals surface area contributed by atoms with Crippen LogP contribution in [-0.2, 0) is 14.3 Å². The van der Waals surface area contributed by atoms with Gasteiger partial charge in [0, 0.05) is 64.8 Å². The van der Waals surface area contributed by atoms with Gasteiger partial charge in [-0.05, 0) is 44.7 Å². The highest BCUT2D eigenvalue weighted by Crippen LogP contribution is 2.44. The number of pyridine rings is 1. The Balaban J connectivity index is 1.50. The third-order valence-corrected chi connectivity index (χ3v) is 6.79. The highest BCUT2D eigenvalue weighted by Gasteiger charge is 2.32. The van der Waals surface area contributed by atoms with Gasteiger partial charge in [0.15, 0.2) is 0 Å². The van der Waals surface area contributed by atoms with Gasteiger partial charge in [0.2, 0.25) is 5.91 Å². The topological polar surface area (TPSA) is 93.0 Å². The summed E-state index contributed by atoms with van der Waals surface area (Å²) in [6, 6.07) is 6.61. The normalized spacial score (nSPS) is 18.4. The number of carbonyl (C=O) groups excluding carboxylic acids is 1. The molecule has 8 nitrogen and oxygen atoms in total. The van der Waals surface area contributed by atoms with E-state index in [1.165, 1.54) is 5.56 Å². The third kappa shape index (κ3) is 5.17. The molecule has 0 aliphatic carbocycles. The molecule has 0 spiro atoms. The number of aromatic nitrogens is 1. The number of hydrogen-bond donors (Lipinski definition) is 2. The van der Waals surface area contributed by atoms with Crippen molar-refractivity contribution >= 4 is 34.0 Å². The van der Waals surface area contributed by atoms with Crippen LogP contribution in [0.3, 0.4) is 0 Å². The van der Waals surface area contributed by atoms with Gasteiger partial charge in [-0.1, -0.05) is 11.6 Å². The van der Waals surface area contributed by atoms with Crippen LogP contribution in [0.15, 0.2) is 18.2 Å². The molecule has 180 valence electrons. The summed E-state index contributed by atoms with van der Waals surface area (Å²) in [5.41, 5.74) is 10.5. The van der Waals surface area contributed by atoms with Crippen LogP contribution in [0.25, 0.3) is 10.9 Å². The zero-order chi connectivity index (χ0) is 23.4. The molecule has 1 fully saturated rings. The Morgan fingerprint density at radius 1 is 1.33 bits per heavy atom. The number of nitrogens with zero attached hydrogens (tertiary/aromatic N) is 3. The molecule has 1 aromatic carbocycles. The first-order chi connectivity index (χ1) is 16.0. The van der Waals surface area contributed by atoms with E-state index in [4.69, 9.17) is 15.2 Å². The zero-order valence-corrected chi connectivity index (χ0v) is 20.1. The second-order valence-electron chi connectivity index (χ2n) is 9.14. The summed E-state index contributed by atoms with van der Waals surface area (Å²) in [5, 5.41) is 4.72. The molecule has 2 aromatic rings. The van der Waals surface area contributed by atoms with Crippen LogP contribution in [0.5, 0.6) is 0 Å². The van der Waals surface area contributed by atoms with Gasteiger partial charge in [-0.2, -0.15) is 0 Å². The Morgan fingerprint density at radius 2 is 2.12 bits per heavy atom. The lowest BCUT2D eigenvalue weighted by atomic mass is 10.1. The number of rotatable bonds is 9. The molecule has 1 atom stereocenters. The van der Waals surface area contributed by atoms with E-state index in [1.54, 1.807) is 14.0 Å². The first-order valence-electron chi connectivity index (χ1n) is 12.1. The van der Waals surface area contributed by atoms with Crippen LogP contribution < -0.4 is 16.0 Å². The highest BCUT2D eigenvalue weighted by atomic mass is 16.5. The minimum absolute atomic E-state index is 0.106. The van der Waals surface area contributed by atoms with Gasteiger partial charge < -0.3 is 30.3 Å². The molecule has 8 heteroatoms. The zero-order valence-electron chi connectivity index (χ0n) is 20.1. The molecule has 2 aliphatic heterocycles. The van der Waals surface area contributed by atoms with E-state index in [0.717, 1.165) is 80.7 Å². The van der Waals surface area contributed by atoms with Crippen molar-refractivity contribution < 1.29 is 14.3 Å². The van der Waals surface area contributed by atoms with Crippen molar-refractivity contribution in [1.29, 1.82) is 0 Å². The average Bonchev–Trinajstić information content (AvgIpc) is 3.18. The Labute approximate surface area is 196 Å². The smallest absolute Gasteiger partial charge is 0.219 e. The minimum Gasteiger partial charge on any atom is -0.385 e. The fraction of sp³-hybridized carbons (Fsp3) is 0.600. The largest absolute Gasteiger partial charge is 0.385 e. The fourth-order valence-corrected chi connectivity index (χ4v) is 5.10. The summed E-state index contributed by atoms with van der Waals surface area (Å²) >= 11 is 0. The van der Waals surface area contributed by atoms with Crippen LogP contribution >= 0.6 is 0 Å². The molecule has 1 amide bonds. The number of nitrogens with two attached hydrogens (primary N) is 1. The number of amides is 1. The standard InChI is InChI=1S/C25H37N5O3/c1-17-6-7-21-20(16-17)24-23(25(26)27-21)28-22(10-13-32-3)30(24)12-5-4-11-29(18(2)31)19-8-14-33-15-9-19/h6-7,16,19,22,28H,4-5,8-15H2,1-3H3,(H2,26,27). The number of fused-ring (bicyclic) bond motifs is 3. The molecule has 3 heterocycles. The van der Waals surface area contributed by atoms with Crippen LogP contribution in [0.4, 0.5) is 17.2 Å². The van der Waals surface area contributed by atoms with Gasteiger partial charge in [-0.15, -0.1) is 0 Å². The van der Waals surface area contributed by atoms with E-state index >= 15 is 0 Å². The van der Waals surface area contributed by atoms with Crippen molar-refractivity contribution in [2.24, 2.45) is 0 Å². The third-order valence-electron chi connectivity index (χ3n) is 6.79. The van der Waals surface area contributed by atoms with Crippen molar-refractivity contribution in [3.05, 3.63) is 23.8 Å². The van der Waals surface area contributed by atoms with Crippen molar-refractivity contribution in [3.63, 3.8) is 0 Å². The number of unbranched alkanes of at least 4 members (excludes halogenated alkanes) is 1. The van der Waals surface area contributed by atoms with E-state index in [0.29, 0.717) is 18.5 Å². The first-order valence-corrected chi connectivity index (χ1v) is 12.1. The molecule has 4 rings (SSSR count). The quantitative estimate of drug-likeness (QED) is 0.559. The second kappa shape index (κ2) is 10.6. The number of hydrogen-bond acceptors (Lipinski definition) is 7. The van der Waals surface area contributed by atoms with Crippen LogP contribution in [0, 0.1) is 6.92 Å². The number of ether oxygens (including phenoxy) is 2. The summed E-state index contributed by atoms with van der Waals surface area (Å²) in [5.74, 6) is 0.696. The van der Waals surface area contributed by atoms with Crippen LogP contribution in [0.2, 0.25) is 0 Å². The number of carbonyl (C=O) groups is 1. The number of methoxy groups -OCH3 is 1. The molecule has 1 aromatic heterocycles. The number of anilines is 3. The maximum absolute atomic E-state index is 12.3. The summed E-state index contributed by atoms with van der Waals surface area (Å²) in [6.45, 7) is 7.59. The van der Waals surface area contributed by atoms with Gasteiger partial charge in [0.05, 0.1) is 11.2 Å². The van der Waals surface area contributed by atoms with Gasteiger partial charge in [0.1, 0.15) is 17.7 Å². The Morgan fingerprint density at radius 3 is 2.85 bits per heavy atom. The van der Waals surface area contributed by atoms with Crippen molar-refractivity contribution in [3.8, 4) is 0 Å². The molecule has 0 radical (unpaired) electrons. The number of nitrogens with one attached hydrogen (secondary N) is 1. The summed E-state index contributed by atoms with van der Waals surface area (Å²) in [6.07, 6.45) is 4.75. The monoisotopic (exact) mass is 455 g/mol. The van der Waals surface area contributed by atoms with Crippen LogP contribution in [-0.4, -0.2) is 68.0 Å². The lowest BCUT2D eigenvalue weighted by Crippen LogP contribution is -2.43. The van der Waals surface area contributed by atoms with Gasteiger partial charge in [0.25, 0.3) is 0 Å². The van der Waals surface area contributed by atoms with E-state index in [-0.39, 0.29) is 12.1 Å². The minimum atomic E-state index is 0.106. The molecule has 2 aliphatic rings. The van der Waals surface area contributed by atoms with Crippen molar-refractivity contribution in [1.82, 2.24) is 9.88 Å². The predicted molar refractivity (Wildman–Crippen MR) is 133 cm³/mol. The van der Waals surface area contributed by atoms with E-state index in [2.05, 4.69) is 34.3 Å². The Kier molecular flexibility index (Phi) is 7.55. The SMILES string of the molecule is COCCC1Nc2c(N)nc3ccc(C)cc3c2N1CCCCN(C(C)=O)C1CCOCC1. The Hall–Kier alpha value is -2.58. The van der Waals surface area contributed by atoms with Gasteiger partial charge in [-0.3, -0.25) is 4.79 Å². The summed E-state index contributed by atoms with van der Waals surface area (Å²) in [4.78, 5) is 21.4. The van der Waals surface area contributed by atoms with E-state index in [1.807, 2.05) is 11.0 Å². The average molecular weight is 456 g/mol. The van der Waals surface area contributed by atoms with Crippen molar-refractivity contribution in [2.45, 2.75) is 58.2 Å². The lowest BCUT2D eigenvalue weighted by Gasteiger charge is -2.34. The van der Waals surface area contributed by atoms with Crippen molar-refractivity contribution in [2.75, 3.05) is 56.0 Å². The van der Waals surface area contributed by atoms with E-state index < -0.39 is 0 Å². The predicted octanol–water partition coefficient (Wildman–Crippen LogP) is 3.53. The molecular formula is C25H37N5O3. The molecular weight excluding hydrogens is 418 g/mol. The molecule has 3 N–H and O–H groups in total. The maximum Gasteiger partial charge on any atom is 0.219 e. The molecule has 0 saturated carbocycles. The highest BCUT2D eigenvalue weighted by molar-refractivity contribution is 6.04. The molecule has 1 unspecified atom stereocenters. The summed E-state index contributed by atoms with van der Waals surface area (Å²) in [7, 11) is 1.73. The molecule has 0 bridgehead atoms. The Bertz CT molecular complexity index is 976. The number of nitrogen functional groups attached to an aromatic ring is 1. The maximum atomic E-state index is 12.3. The van der Waals surface area contributed by atoms with Gasteiger partial charge >= 0.3 is 0 Å². The fourth-order valence-electron chi connectivity index (χ4n) is 5.10. The van der Waals surface area contributed by atoms with Crippen LogP contribution in [0.1, 0.15) is 44.6 Å². The first kappa shape index (κ1) is 23.6. The molecule has 1 saturated heterocycles. The second-order valence-corrected chi connectivity index (χ2v) is 9.14. The van der Waals surface area contributed by atoms with E-state index in [9.17, 15) is 4.79 Å². The summed E-state index contributed by atoms with van der Waals surface area (Å²) < 4.78 is 10.8.